The fourth-order valence-electron chi connectivity index (χ4n) is 4.35. The molecule has 3 aromatic rings. The van der Waals surface area contributed by atoms with E-state index in [1.807, 2.05) is 52.5 Å². The van der Waals surface area contributed by atoms with Crippen molar-refractivity contribution in [3.8, 4) is 11.3 Å². The second-order valence-electron chi connectivity index (χ2n) is 9.30. The molecule has 0 fully saturated rings. The lowest BCUT2D eigenvalue weighted by molar-refractivity contribution is -0.136. The lowest BCUT2D eigenvalue weighted by Crippen LogP contribution is -2.25. The molecule has 0 radical (unpaired) electrons. The number of thioether (sulfide) groups is 1. The Morgan fingerprint density at radius 1 is 1.21 bits per heavy atom. The van der Waals surface area contributed by atoms with Crippen LogP contribution in [0.3, 0.4) is 0 Å². The highest BCUT2D eigenvalue weighted by molar-refractivity contribution is 7.98. The Kier molecular flexibility index (Phi) is 9.81. The predicted molar refractivity (Wildman–Crippen MR) is 155 cm³/mol. The van der Waals surface area contributed by atoms with Gasteiger partial charge in [-0.1, -0.05) is 30.8 Å². The van der Waals surface area contributed by atoms with Crippen LogP contribution >= 0.6 is 11.8 Å². The van der Waals surface area contributed by atoms with E-state index in [-0.39, 0.29) is 11.2 Å². The molecular weight excluding hydrogens is 509 g/mol. The molecule has 4 rings (SSSR count). The van der Waals surface area contributed by atoms with Gasteiger partial charge in [0.1, 0.15) is 0 Å². The van der Waals surface area contributed by atoms with Gasteiger partial charge in [-0.2, -0.15) is 24.9 Å². The van der Waals surface area contributed by atoms with E-state index in [9.17, 15) is 13.2 Å². The van der Waals surface area contributed by atoms with Crippen LogP contribution in [0, 0.1) is 5.41 Å². The molecule has 204 valence electrons. The molecule has 1 aliphatic rings. The Morgan fingerprint density at radius 3 is 2.45 bits per heavy atom. The minimum absolute atomic E-state index is 0.0561. The summed E-state index contributed by atoms with van der Waals surface area (Å²) in [6, 6.07) is 8.47. The van der Waals surface area contributed by atoms with Gasteiger partial charge < -0.3 is 26.7 Å². The van der Waals surface area contributed by atoms with Crippen molar-refractivity contribution in [2.45, 2.75) is 18.3 Å². The van der Waals surface area contributed by atoms with Crippen LogP contribution in [0.2, 0.25) is 0 Å². The third-order valence-corrected chi connectivity index (χ3v) is 7.13. The number of pyridine rings is 1. The zero-order valence-electron chi connectivity index (χ0n) is 22.2. The van der Waals surface area contributed by atoms with Gasteiger partial charge in [0.05, 0.1) is 16.8 Å². The molecular formula is C28H35F3N6S. The number of nitrogens with zero attached hydrogens (tertiary/aromatic N) is 2. The molecule has 0 unspecified atom stereocenters. The van der Waals surface area contributed by atoms with Gasteiger partial charge in [-0.05, 0) is 63.1 Å². The molecule has 0 saturated carbocycles. The number of fused-ring (bicyclic) bond motifs is 3. The number of benzene rings is 2. The Balaban J connectivity index is 0.00000127. The monoisotopic (exact) mass is 544 g/mol. The molecule has 0 spiro atoms. The van der Waals surface area contributed by atoms with Crippen LogP contribution in [0.1, 0.15) is 27.8 Å². The van der Waals surface area contributed by atoms with Crippen molar-refractivity contribution in [2.24, 2.45) is 0 Å². The number of nitrogen functional groups attached to an aromatic ring is 1. The number of hydrogen-bond acceptors (Lipinski definition) is 7. The first-order valence-electron chi connectivity index (χ1n) is 12.2. The predicted octanol–water partition coefficient (Wildman–Crippen LogP) is 5.25. The number of nitrogens with two attached hydrogens (primary N) is 1. The first kappa shape index (κ1) is 29.5. The zero-order chi connectivity index (χ0) is 28.0. The maximum Gasteiger partial charge on any atom is 0.418 e. The van der Waals surface area contributed by atoms with Gasteiger partial charge >= 0.3 is 6.18 Å². The van der Waals surface area contributed by atoms with Crippen LogP contribution in [-0.2, 0) is 18.3 Å². The molecule has 10 heteroatoms. The largest absolute Gasteiger partial charge is 0.418 e. The van der Waals surface area contributed by atoms with Crippen LogP contribution in [0.5, 0.6) is 0 Å². The fourth-order valence-corrected chi connectivity index (χ4v) is 5.36. The summed E-state index contributed by atoms with van der Waals surface area (Å²) < 4.78 is 42.1. The van der Waals surface area contributed by atoms with E-state index in [4.69, 9.17) is 11.1 Å². The second-order valence-corrected chi connectivity index (χ2v) is 10.4. The summed E-state index contributed by atoms with van der Waals surface area (Å²) in [5, 5.41) is 14.2. The highest BCUT2D eigenvalue weighted by atomic mass is 32.2. The molecule has 2 aromatic carbocycles. The minimum atomic E-state index is -4.62. The van der Waals surface area contributed by atoms with Crippen LogP contribution in [0.4, 0.5) is 18.9 Å². The van der Waals surface area contributed by atoms with Gasteiger partial charge in [0.2, 0.25) is 0 Å². The Labute approximate surface area is 226 Å². The van der Waals surface area contributed by atoms with Crippen molar-refractivity contribution < 1.29 is 13.2 Å². The van der Waals surface area contributed by atoms with E-state index in [1.165, 1.54) is 0 Å². The molecule has 1 aliphatic heterocycles. The first-order chi connectivity index (χ1) is 18.0. The molecule has 5 N–H and O–H groups in total. The average molecular weight is 545 g/mol. The van der Waals surface area contributed by atoms with Gasteiger partial charge in [0.15, 0.2) is 0 Å². The molecule has 0 saturated heterocycles. The molecule has 38 heavy (non-hydrogen) atoms. The molecule has 0 atom stereocenters. The van der Waals surface area contributed by atoms with Gasteiger partial charge in [-0.25, -0.2) is 4.98 Å². The Hall–Kier alpha value is -3.08. The summed E-state index contributed by atoms with van der Waals surface area (Å²) in [4.78, 5) is 6.65. The van der Waals surface area contributed by atoms with Gasteiger partial charge in [-0.3, -0.25) is 0 Å². The zero-order valence-corrected chi connectivity index (χ0v) is 23.0. The number of halogens is 3. The van der Waals surface area contributed by atoms with Gasteiger partial charge in [0, 0.05) is 53.0 Å². The fraction of sp³-hybridized carbons (Fsp3) is 0.357. The van der Waals surface area contributed by atoms with E-state index in [0.717, 1.165) is 59.1 Å². The third-order valence-electron chi connectivity index (χ3n) is 6.14. The maximum atomic E-state index is 14.0. The minimum Gasteiger partial charge on any atom is -0.398 e. The second kappa shape index (κ2) is 12.6. The topological polar surface area (TPSA) is 90.1 Å². The summed E-state index contributed by atoms with van der Waals surface area (Å²) in [7, 11) is 7.75. The van der Waals surface area contributed by atoms with Crippen molar-refractivity contribution in [2.75, 3.05) is 52.8 Å². The number of hydrogen-bond donors (Lipinski definition) is 4. The number of aromatic nitrogens is 1. The number of alkyl halides is 3. The standard InChI is InChI=1S/C26H28F3N5S.C2H7N/c1-15(32-9-10-34(2)3)16-4-6-17(7-5-16)24-20-14-35-11-8-18(20)23-19(13-30)22(31)12-21(25(23)33-24)26(27,28)29;1-3-2/h4-7,12-13,30,32H,1,8-11,14,31H2,2-3H3;3H,1-2H3. The smallest absolute Gasteiger partial charge is 0.398 e. The Bertz CT molecular complexity index is 1300. The molecule has 0 bridgehead atoms. The van der Waals surface area contributed by atoms with E-state index >= 15 is 0 Å². The number of rotatable bonds is 7. The maximum absolute atomic E-state index is 14.0. The number of aryl methyl sites for hydroxylation is 1. The van der Waals surface area contributed by atoms with Gasteiger partial charge in [-0.15, -0.1) is 0 Å². The summed E-state index contributed by atoms with van der Waals surface area (Å²) in [6.45, 7) is 5.71. The number of anilines is 1. The van der Waals surface area contributed by atoms with E-state index in [0.29, 0.717) is 28.8 Å². The summed E-state index contributed by atoms with van der Waals surface area (Å²) in [5.41, 5.74) is 9.90. The van der Waals surface area contributed by atoms with Crippen molar-refractivity contribution in [1.82, 2.24) is 20.5 Å². The summed E-state index contributed by atoms with van der Waals surface area (Å²) >= 11 is 1.72. The summed E-state index contributed by atoms with van der Waals surface area (Å²) in [5.74, 6) is 1.43. The van der Waals surface area contributed by atoms with Crippen molar-refractivity contribution in [3.63, 3.8) is 0 Å². The van der Waals surface area contributed by atoms with Crippen LogP contribution < -0.4 is 16.4 Å². The van der Waals surface area contributed by atoms with Crippen molar-refractivity contribution in [1.29, 1.82) is 5.41 Å². The van der Waals surface area contributed by atoms with E-state index < -0.39 is 11.7 Å². The highest BCUT2D eigenvalue weighted by Crippen LogP contribution is 2.43. The molecule has 2 heterocycles. The molecule has 0 amide bonds. The van der Waals surface area contributed by atoms with E-state index in [1.54, 1.807) is 11.8 Å². The number of nitrogens with one attached hydrogen (secondary N) is 3. The first-order valence-corrected chi connectivity index (χ1v) is 13.4. The normalized spacial score (nSPS) is 13.1. The SMILES string of the molecule is C=C(NCCN(C)C)c1ccc(-c2nc3c(C(F)(F)F)cc(N)c(C=N)c3c3c2CSCC3)cc1.CNC. The van der Waals surface area contributed by atoms with Gasteiger partial charge in [0.25, 0.3) is 0 Å². The van der Waals surface area contributed by atoms with Crippen molar-refractivity contribution in [3.05, 3.63) is 64.7 Å². The Morgan fingerprint density at radius 2 is 1.87 bits per heavy atom. The average Bonchev–Trinajstić information content (AvgIpc) is 2.87. The van der Waals surface area contributed by atoms with E-state index in [2.05, 4.69) is 27.1 Å². The molecule has 0 aliphatic carbocycles. The highest BCUT2D eigenvalue weighted by Gasteiger charge is 2.36. The summed E-state index contributed by atoms with van der Waals surface area (Å²) in [6.07, 6.45) is -2.99. The van der Waals surface area contributed by atoms with Crippen LogP contribution in [-0.4, -0.2) is 63.1 Å². The van der Waals surface area contributed by atoms with Crippen LogP contribution in [0.25, 0.3) is 27.9 Å². The lowest BCUT2D eigenvalue weighted by atomic mass is 9.90. The molecule has 6 nitrogen and oxygen atoms in total. The number of likely N-dealkylation sites (N-methyl/N-ethyl adjacent to an activating group) is 1. The third kappa shape index (κ3) is 6.48. The van der Waals surface area contributed by atoms with Crippen LogP contribution in [0.15, 0.2) is 36.9 Å². The quantitative estimate of drug-likeness (QED) is 0.240. The van der Waals surface area contributed by atoms with Crippen molar-refractivity contribution >= 4 is 40.3 Å². The molecule has 1 aromatic heterocycles. The lowest BCUT2D eigenvalue weighted by Gasteiger charge is -2.24.